The van der Waals surface area contributed by atoms with Crippen LogP contribution in [0.25, 0.3) is 11.5 Å². The fraction of sp³-hybridized carbons (Fsp3) is 0.226. The van der Waals surface area contributed by atoms with Crippen LogP contribution < -0.4 is 10.6 Å². The van der Waals surface area contributed by atoms with Crippen LogP contribution in [0.15, 0.2) is 97.1 Å². The van der Waals surface area contributed by atoms with Crippen LogP contribution in [0.5, 0.6) is 0 Å². The van der Waals surface area contributed by atoms with E-state index in [4.69, 9.17) is 30.8 Å². The van der Waals surface area contributed by atoms with E-state index in [9.17, 15) is 0 Å². The van der Waals surface area contributed by atoms with Crippen molar-refractivity contribution in [1.29, 1.82) is 0 Å². The summed E-state index contributed by atoms with van der Waals surface area (Å²) >= 11 is -0.346. The maximum absolute atomic E-state index is 8.07. The van der Waals surface area contributed by atoms with E-state index in [0.29, 0.717) is 5.41 Å². The van der Waals surface area contributed by atoms with Crippen LogP contribution in [0.4, 0.5) is 0 Å². The summed E-state index contributed by atoms with van der Waals surface area (Å²) in [5.41, 5.74) is 24.6. The summed E-state index contributed by atoms with van der Waals surface area (Å²) in [7, 11) is 15.6. The number of hydrogen-bond donors (Lipinski definition) is 0. The fourth-order valence-electron chi connectivity index (χ4n) is 5.98. The minimum absolute atomic E-state index is 0.293. The predicted molar refractivity (Wildman–Crippen MR) is 168 cm³/mol. The van der Waals surface area contributed by atoms with Gasteiger partial charge < -0.3 is 11.5 Å². The summed E-state index contributed by atoms with van der Waals surface area (Å²) in [6.45, 7) is 0. The van der Waals surface area contributed by atoms with Crippen molar-refractivity contribution in [3.63, 3.8) is 0 Å². The van der Waals surface area contributed by atoms with Crippen LogP contribution in [-0.4, -0.2) is 0 Å². The summed E-state index contributed by atoms with van der Waals surface area (Å²) < 4.78 is 0. The van der Waals surface area contributed by atoms with Gasteiger partial charge in [-0.1, -0.05) is 108 Å². The number of aryl methyl sites for hydroxylation is 2. The third-order valence-corrected chi connectivity index (χ3v) is 8.58. The molecule has 0 saturated carbocycles. The molecule has 2 aliphatic rings. The second-order valence-electron chi connectivity index (χ2n) is 9.67. The van der Waals surface area contributed by atoms with Gasteiger partial charge in [0.25, 0.3) is 0 Å². The Bertz CT molecular complexity index is 1240. The Hall–Kier alpha value is -1.14. The van der Waals surface area contributed by atoms with E-state index in [1.54, 1.807) is 22.3 Å². The second kappa shape index (κ2) is 14.0. The number of rotatable bonds is 3. The van der Waals surface area contributed by atoms with Gasteiger partial charge >= 0.3 is 34.5 Å². The van der Waals surface area contributed by atoms with Gasteiger partial charge in [-0.25, -0.2) is 0 Å². The Morgan fingerprint density at radius 2 is 0.974 bits per heavy atom. The van der Waals surface area contributed by atoms with Gasteiger partial charge in [-0.3, -0.25) is 0 Å². The number of fused-ring (bicyclic) bond motifs is 4. The van der Waals surface area contributed by atoms with Gasteiger partial charge in [-0.2, -0.15) is 0 Å². The average Bonchev–Trinajstić information content (AvgIpc) is 3.52. The molecule has 4 aromatic rings. The Morgan fingerprint density at radius 3 is 1.34 bits per heavy atom. The van der Waals surface area contributed by atoms with Crippen LogP contribution in [0.1, 0.15) is 58.3 Å². The Labute approximate surface area is 247 Å². The molecule has 2 nitrogen and oxygen atoms in total. The molecule has 0 radical (unpaired) electrons. The Kier molecular flexibility index (Phi) is 11.0. The van der Waals surface area contributed by atoms with Crippen LogP contribution in [0.2, 0.25) is 0 Å². The van der Waals surface area contributed by atoms with Crippen LogP contribution in [0.3, 0.4) is 0 Å². The third kappa shape index (κ3) is 6.43. The second-order valence-corrected chi connectivity index (χ2v) is 13.6. The first-order valence-electron chi connectivity index (χ1n) is 12.6. The molecule has 4 aromatic carbocycles. The van der Waals surface area contributed by atoms with Crippen molar-refractivity contribution in [2.75, 3.05) is 0 Å². The quantitative estimate of drug-likeness (QED) is 0.155. The molecule has 0 bridgehead atoms. The molecule has 0 aromatic heterocycles. The molecule has 1 spiro atoms. The Balaban J connectivity index is 0.000000163. The van der Waals surface area contributed by atoms with Gasteiger partial charge in [0.1, 0.15) is 0 Å². The number of nitrogens with one attached hydrogen (secondary N) is 2. The van der Waals surface area contributed by atoms with Crippen molar-refractivity contribution in [1.82, 2.24) is 0 Å². The van der Waals surface area contributed by atoms with Crippen molar-refractivity contribution in [3.05, 3.63) is 142 Å². The smallest absolute Gasteiger partial charge is 0.0606 e. The number of benzene rings is 4. The first kappa shape index (κ1) is 29.8. The minimum Gasteiger partial charge on any atom is -0.672 e. The first-order chi connectivity index (χ1) is 18.4. The van der Waals surface area contributed by atoms with Gasteiger partial charge in [0.05, 0.1) is 0 Å². The summed E-state index contributed by atoms with van der Waals surface area (Å²) in [5, 5.41) is 2.80. The van der Waals surface area contributed by atoms with E-state index in [0.717, 1.165) is 11.1 Å². The van der Waals surface area contributed by atoms with E-state index in [1.807, 2.05) is 60.7 Å². The van der Waals surface area contributed by atoms with E-state index in [1.165, 1.54) is 36.3 Å². The molecule has 2 unspecified atom stereocenters. The standard InChI is InChI=1S/C17H18P2.C14H14N2.2ClH.Ru/c18-13-5-1-3-11-7-9-17(15(11)13)10-8-12-4-2-6-14(19)16(12)17;15-13(11-7-3-1-4-8-11)14(16)12-9-5-2-6-10-12;;;/h1-6H,7-10,18-19H2;1-10,13-16H;2*1H;/q;-2;;;+4/p-2/t;13-,14-;;;/m.0.../s1. The SMILES string of the molecule is Pc1cccc2c1C1(CC2)CCc2cccc(P)c21.[Cl][Ru+2][Cl].[NH-][C@@H](c1ccccc1)[C@@H]([NH-])c1ccccc1. The van der Waals surface area contributed by atoms with Crippen LogP contribution >= 0.6 is 37.9 Å². The zero-order chi connectivity index (χ0) is 27.1. The normalized spacial score (nSPS) is 15.8. The monoisotopic (exact) mass is 666 g/mol. The summed E-state index contributed by atoms with van der Waals surface area (Å²) in [6, 6.07) is 31.6. The van der Waals surface area contributed by atoms with Crippen molar-refractivity contribution in [2.24, 2.45) is 0 Å². The summed E-state index contributed by atoms with van der Waals surface area (Å²) in [6.07, 6.45) is 5.03. The molecular weight excluding hydrogens is 634 g/mol. The molecule has 198 valence electrons. The van der Waals surface area contributed by atoms with Crippen molar-refractivity contribution in [3.8, 4) is 0 Å². The minimum atomic E-state index is -0.524. The first-order valence-corrected chi connectivity index (χ1v) is 18.2. The maximum Gasteiger partial charge on any atom is -0.0606 e. The molecular formula is C31H32Cl2N2P2Ru. The molecule has 0 fully saturated rings. The predicted octanol–water partition coefficient (Wildman–Crippen LogP) is 8.82. The average molecular weight is 667 g/mol. The van der Waals surface area contributed by atoms with Crippen LogP contribution in [0, 0.1) is 0 Å². The number of hydrogen-bond acceptors (Lipinski definition) is 0. The van der Waals surface area contributed by atoms with E-state index in [-0.39, 0.29) is 15.1 Å². The van der Waals surface area contributed by atoms with Gasteiger partial charge in [0.15, 0.2) is 0 Å². The fourth-order valence-corrected chi connectivity index (χ4v) is 7.12. The Morgan fingerprint density at radius 1 is 0.605 bits per heavy atom. The molecule has 0 heterocycles. The molecule has 0 saturated heterocycles. The van der Waals surface area contributed by atoms with Crippen molar-refractivity contribution < 1.29 is 15.1 Å². The molecule has 2 N–H and O–H groups in total. The molecule has 2 aliphatic carbocycles. The molecule has 7 heteroatoms. The molecule has 0 amide bonds. The summed E-state index contributed by atoms with van der Waals surface area (Å²) in [5.74, 6) is 0. The van der Waals surface area contributed by atoms with Crippen molar-refractivity contribution in [2.45, 2.75) is 43.2 Å². The van der Waals surface area contributed by atoms with Gasteiger partial charge in [-0.15, -0.1) is 30.6 Å². The molecule has 38 heavy (non-hydrogen) atoms. The van der Waals surface area contributed by atoms with Gasteiger partial charge in [0.2, 0.25) is 0 Å². The number of halogens is 2. The van der Waals surface area contributed by atoms with E-state index in [2.05, 4.69) is 54.9 Å². The topological polar surface area (TPSA) is 47.6 Å². The zero-order valence-corrected chi connectivity index (χ0v) is 26.5. The van der Waals surface area contributed by atoms with Crippen molar-refractivity contribution >= 4 is 48.5 Å². The molecule has 6 rings (SSSR count). The molecule has 0 aliphatic heterocycles. The van der Waals surface area contributed by atoms with Gasteiger partial charge in [-0.05, 0) is 58.5 Å². The maximum atomic E-state index is 8.07. The van der Waals surface area contributed by atoms with E-state index < -0.39 is 12.1 Å². The largest absolute Gasteiger partial charge is 0.672 e. The third-order valence-electron chi connectivity index (χ3n) is 7.62. The van der Waals surface area contributed by atoms with Crippen LogP contribution in [-0.2, 0) is 33.4 Å². The summed E-state index contributed by atoms with van der Waals surface area (Å²) in [4.78, 5) is 0. The molecule has 4 atom stereocenters. The zero-order valence-electron chi connectivity index (χ0n) is 21.0. The van der Waals surface area contributed by atoms with E-state index >= 15 is 0 Å². The van der Waals surface area contributed by atoms with Gasteiger partial charge in [0, 0.05) is 5.41 Å².